The second-order valence-corrected chi connectivity index (χ2v) is 6.56. The summed E-state index contributed by atoms with van der Waals surface area (Å²) in [5.74, 6) is 0. The molecule has 0 saturated heterocycles. The lowest BCUT2D eigenvalue weighted by Gasteiger charge is -2.11. The minimum Gasteiger partial charge on any atom is -0.308 e. The second kappa shape index (κ2) is 7.35. The van der Waals surface area contributed by atoms with Crippen molar-refractivity contribution >= 4 is 52.2 Å². The fourth-order valence-electron chi connectivity index (χ4n) is 2.36. The first-order valence-electron chi connectivity index (χ1n) is 7.24. The Morgan fingerprint density at radius 3 is 2.28 bits per heavy atom. The molecule has 0 aliphatic rings. The third kappa shape index (κ3) is 4.25. The number of rotatable bonds is 3. The summed E-state index contributed by atoms with van der Waals surface area (Å²) in [7, 11) is 1.78. The summed E-state index contributed by atoms with van der Waals surface area (Å²) in [6.45, 7) is 0. The first-order chi connectivity index (χ1) is 11.9. The molecule has 0 spiro atoms. The number of aryl methyl sites for hydroxylation is 1. The van der Waals surface area contributed by atoms with Crippen LogP contribution in [0.1, 0.15) is 0 Å². The highest BCUT2D eigenvalue weighted by molar-refractivity contribution is 6.33. The smallest absolute Gasteiger partial charge is 0.308 e. The Hall–Kier alpha value is -2.21. The maximum absolute atomic E-state index is 12.2. The van der Waals surface area contributed by atoms with Gasteiger partial charge >= 0.3 is 6.03 Å². The Morgan fingerprint density at radius 1 is 0.960 bits per heavy atom. The van der Waals surface area contributed by atoms with Crippen LogP contribution in [0.4, 0.5) is 16.2 Å². The molecule has 0 fully saturated rings. The molecule has 3 rings (SSSR count). The number of hydrogen-bond acceptors (Lipinski definition) is 2. The first-order valence-corrected chi connectivity index (χ1v) is 8.38. The van der Waals surface area contributed by atoms with Crippen molar-refractivity contribution in [2.45, 2.75) is 0 Å². The molecule has 0 aliphatic heterocycles. The van der Waals surface area contributed by atoms with Crippen molar-refractivity contribution in [2.75, 3.05) is 10.6 Å². The maximum atomic E-state index is 12.2. The van der Waals surface area contributed by atoms with E-state index in [1.165, 1.54) is 0 Å². The number of carbonyl (C=O) groups excluding carboxylic acids is 1. The van der Waals surface area contributed by atoms with Gasteiger partial charge in [0.15, 0.2) is 0 Å². The van der Waals surface area contributed by atoms with Crippen LogP contribution < -0.4 is 10.6 Å². The number of carbonyl (C=O) groups is 1. The van der Waals surface area contributed by atoms with E-state index in [2.05, 4.69) is 15.7 Å². The highest BCUT2D eigenvalue weighted by Gasteiger charge is 2.12. The van der Waals surface area contributed by atoms with E-state index in [4.69, 9.17) is 34.8 Å². The highest BCUT2D eigenvalue weighted by Crippen LogP contribution is 2.31. The van der Waals surface area contributed by atoms with Gasteiger partial charge in [-0.05, 0) is 42.5 Å². The molecule has 2 N–H and O–H groups in total. The van der Waals surface area contributed by atoms with Crippen LogP contribution in [0.2, 0.25) is 15.1 Å². The van der Waals surface area contributed by atoms with Crippen molar-refractivity contribution in [1.82, 2.24) is 9.78 Å². The minimum atomic E-state index is -0.397. The number of benzene rings is 2. The summed E-state index contributed by atoms with van der Waals surface area (Å²) in [6.07, 6.45) is 1.55. The number of amides is 2. The molecule has 1 heterocycles. The quantitative estimate of drug-likeness (QED) is 0.598. The highest BCUT2D eigenvalue weighted by atomic mass is 35.5. The molecule has 2 amide bonds. The van der Waals surface area contributed by atoms with Crippen LogP contribution in [-0.2, 0) is 7.05 Å². The number of aromatic nitrogens is 2. The molecule has 5 nitrogen and oxygen atoms in total. The van der Waals surface area contributed by atoms with Gasteiger partial charge < -0.3 is 10.6 Å². The van der Waals surface area contributed by atoms with Gasteiger partial charge in [0.2, 0.25) is 0 Å². The maximum Gasteiger partial charge on any atom is 0.323 e. The number of hydrogen-bond donors (Lipinski definition) is 2. The number of nitrogens with one attached hydrogen (secondary N) is 2. The van der Waals surface area contributed by atoms with E-state index >= 15 is 0 Å². The summed E-state index contributed by atoms with van der Waals surface area (Å²) in [4.78, 5) is 12.2. The van der Waals surface area contributed by atoms with E-state index in [9.17, 15) is 4.79 Å². The first kappa shape index (κ1) is 17.6. The van der Waals surface area contributed by atoms with Gasteiger partial charge in [0, 0.05) is 34.0 Å². The van der Waals surface area contributed by atoms with Crippen molar-refractivity contribution in [3.05, 3.63) is 63.7 Å². The van der Waals surface area contributed by atoms with Gasteiger partial charge in [-0.25, -0.2) is 4.79 Å². The summed E-state index contributed by atoms with van der Waals surface area (Å²) in [5, 5.41) is 11.1. The van der Waals surface area contributed by atoms with E-state index in [-0.39, 0.29) is 0 Å². The van der Waals surface area contributed by atoms with Crippen LogP contribution in [0, 0.1) is 0 Å². The minimum absolute atomic E-state index is 0.397. The van der Waals surface area contributed by atoms with Crippen LogP contribution in [0.3, 0.4) is 0 Å². The average molecular weight is 396 g/mol. The zero-order chi connectivity index (χ0) is 18.0. The molecule has 2 aromatic carbocycles. The van der Waals surface area contributed by atoms with E-state index in [1.807, 2.05) is 0 Å². The van der Waals surface area contributed by atoms with Crippen LogP contribution in [0.5, 0.6) is 0 Å². The lowest BCUT2D eigenvalue weighted by molar-refractivity contribution is 0.262. The predicted molar refractivity (Wildman–Crippen MR) is 103 cm³/mol. The lowest BCUT2D eigenvalue weighted by atomic mass is 10.1. The summed E-state index contributed by atoms with van der Waals surface area (Å²) in [5.41, 5.74) is 2.62. The third-order valence-corrected chi connectivity index (χ3v) is 4.17. The molecule has 0 aliphatic carbocycles. The summed E-state index contributed by atoms with van der Waals surface area (Å²) < 4.78 is 1.64. The monoisotopic (exact) mass is 394 g/mol. The zero-order valence-corrected chi connectivity index (χ0v) is 15.3. The van der Waals surface area contributed by atoms with Crippen LogP contribution in [0.15, 0.2) is 48.7 Å². The van der Waals surface area contributed by atoms with Crippen molar-refractivity contribution in [1.29, 1.82) is 0 Å². The summed E-state index contributed by atoms with van der Waals surface area (Å²) in [6, 6.07) is 11.6. The van der Waals surface area contributed by atoms with E-state index in [0.717, 1.165) is 5.56 Å². The Bertz CT molecular complexity index is 903. The van der Waals surface area contributed by atoms with Crippen molar-refractivity contribution in [3.63, 3.8) is 0 Å². The fraction of sp³-hybridized carbons (Fsp3) is 0.0588. The van der Waals surface area contributed by atoms with Gasteiger partial charge in [-0.2, -0.15) is 5.10 Å². The largest absolute Gasteiger partial charge is 0.323 e. The van der Waals surface area contributed by atoms with Gasteiger partial charge in [-0.3, -0.25) is 4.68 Å². The molecule has 128 valence electrons. The molecule has 3 aromatic rings. The van der Waals surface area contributed by atoms with Crippen molar-refractivity contribution in [2.24, 2.45) is 7.05 Å². The molecule has 0 saturated carbocycles. The van der Waals surface area contributed by atoms with Gasteiger partial charge in [0.1, 0.15) is 0 Å². The van der Waals surface area contributed by atoms with Gasteiger partial charge in [-0.1, -0.05) is 34.8 Å². The molecule has 1 aromatic heterocycles. The number of nitrogens with zero attached hydrogens (tertiary/aromatic N) is 2. The lowest BCUT2D eigenvalue weighted by Crippen LogP contribution is -2.19. The topological polar surface area (TPSA) is 59.0 Å². The Labute approximate surface area is 159 Å². The molecule has 0 unspecified atom stereocenters. The molecule has 8 heteroatoms. The molecule has 0 radical (unpaired) electrons. The second-order valence-electron chi connectivity index (χ2n) is 5.28. The average Bonchev–Trinajstić information content (AvgIpc) is 2.88. The van der Waals surface area contributed by atoms with Crippen molar-refractivity contribution in [3.8, 4) is 11.3 Å². The molecule has 25 heavy (non-hydrogen) atoms. The van der Waals surface area contributed by atoms with Crippen LogP contribution in [-0.4, -0.2) is 15.8 Å². The summed E-state index contributed by atoms with van der Waals surface area (Å²) >= 11 is 18.2. The molecule has 0 bridgehead atoms. The normalized spacial score (nSPS) is 10.6. The number of halogens is 3. The van der Waals surface area contributed by atoms with Gasteiger partial charge in [-0.15, -0.1) is 0 Å². The SMILES string of the molecule is Cn1ncc(Cl)c1-c1cc(Cl)cc(NC(=O)Nc2ccc(Cl)cc2)c1. The van der Waals surface area contributed by atoms with E-state index in [0.29, 0.717) is 32.1 Å². The molecular formula is C17H13Cl3N4O. The predicted octanol–water partition coefficient (Wildman–Crippen LogP) is 5.69. The van der Waals surface area contributed by atoms with E-state index < -0.39 is 6.03 Å². The Kier molecular flexibility index (Phi) is 5.18. The number of urea groups is 1. The van der Waals surface area contributed by atoms with Gasteiger partial charge in [0.05, 0.1) is 16.9 Å². The van der Waals surface area contributed by atoms with Crippen LogP contribution in [0.25, 0.3) is 11.3 Å². The zero-order valence-electron chi connectivity index (χ0n) is 13.1. The van der Waals surface area contributed by atoms with Crippen LogP contribution >= 0.6 is 34.8 Å². The Balaban J connectivity index is 1.81. The standard InChI is InChI=1S/C17H13Cl3N4O/c1-24-16(15(20)9-21-24)10-6-12(19)8-14(7-10)23-17(25)22-13-4-2-11(18)3-5-13/h2-9H,1H3,(H2,22,23,25). The fourth-order valence-corrected chi connectivity index (χ4v) is 3.00. The molecular weight excluding hydrogens is 383 g/mol. The Morgan fingerprint density at radius 2 is 1.64 bits per heavy atom. The van der Waals surface area contributed by atoms with Crippen molar-refractivity contribution < 1.29 is 4.79 Å². The van der Waals surface area contributed by atoms with Gasteiger partial charge in [0.25, 0.3) is 0 Å². The number of anilines is 2. The molecule has 0 atom stereocenters. The third-order valence-electron chi connectivity index (χ3n) is 3.43. The van der Waals surface area contributed by atoms with E-state index in [1.54, 1.807) is 60.4 Å².